The molecule has 1 heterocycles. The summed E-state index contributed by atoms with van der Waals surface area (Å²) < 4.78 is 10.5. The lowest BCUT2D eigenvalue weighted by Crippen LogP contribution is -2.54. The minimum Gasteiger partial charge on any atom is -0.462 e. The first-order valence-corrected chi connectivity index (χ1v) is 5.47. The molecule has 1 aromatic carbocycles. The molecule has 0 saturated carbocycles. The molecule has 94 valence electrons. The van der Waals surface area contributed by atoms with Crippen LogP contribution < -0.4 is 4.74 Å². The quantitative estimate of drug-likeness (QED) is 0.668. The van der Waals surface area contributed by atoms with Gasteiger partial charge in [0.1, 0.15) is 24.1 Å². The third-order valence-corrected chi connectivity index (χ3v) is 2.73. The Bertz CT molecular complexity index is 364. The predicted octanol–water partition coefficient (Wildman–Crippen LogP) is -0.187. The van der Waals surface area contributed by atoms with Crippen LogP contribution in [0.4, 0.5) is 0 Å². The molecular formula is C12H16O5. The molecule has 0 unspecified atom stereocenters. The summed E-state index contributed by atoms with van der Waals surface area (Å²) in [6.07, 6.45) is -4.56. The van der Waals surface area contributed by atoms with E-state index in [1.807, 2.05) is 19.1 Å². The van der Waals surface area contributed by atoms with E-state index in [2.05, 4.69) is 0 Å². The zero-order chi connectivity index (χ0) is 12.4. The van der Waals surface area contributed by atoms with Crippen LogP contribution in [-0.4, -0.2) is 46.5 Å². The lowest BCUT2D eigenvalue weighted by atomic mass is 10.1. The van der Waals surface area contributed by atoms with E-state index in [-0.39, 0.29) is 6.61 Å². The van der Waals surface area contributed by atoms with E-state index < -0.39 is 24.6 Å². The van der Waals surface area contributed by atoms with Crippen LogP contribution in [0.2, 0.25) is 0 Å². The van der Waals surface area contributed by atoms with E-state index >= 15 is 0 Å². The average molecular weight is 240 g/mol. The highest BCUT2D eigenvalue weighted by molar-refractivity contribution is 5.26. The van der Waals surface area contributed by atoms with Crippen LogP contribution in [0, 0.1) is 6.92 Å². The number of aliphatic hydroxyl groups excluding tert-OH is 3. The molecule has 3 N–H and O–H groups in total. The van der Waals surface area contributed by atoms with Crippen LogP contribution in [0.1, 0.15) is 5.56 Å². The molecule has 17 heavy (non-hydrogen) atoms. The van der Waals surface area contributed by atoms with Gasteiger partial charge in [-0.15, -0.1) is 0 Å². The second-order valence-corrected chi connectivity index (χ2v) is 4.18. The van der Waals surface area contributed by atoms with Crippen molar-refractivity contribution in [2.45, 2.75) is 31.5 Å². The highest BCUT2D eigenvalue weighted by Gasteiger charge is 2.38. The maximum atomic E-state index is 9.66. The highest BCUT2D eigenvalue weighted by Crippen LogP contribution is 2.20. The number of benzene rings is 1. The molecule has 1 saturated heterocycles. The number of aliphatic hydroxyl groups is 3. The van der Waals surface area contributed by atoms with Crippen LogP contribution >= 0.6 is 0 Å². The minimum atomic E-state index is -1.26. The molecule has 0 aromatic heterocycles. The molecule has 0 bridgehead atoms. The Kier molecular flexibility index (Phi) is 3.63. The Morgan fingerprint density at radius 1 is 1.12 bits per heavy atom. The molecule has 2 rings (SSSR count). The van der Waals surface area contributed by atoms with E-state index in [9.17, 15) is 15.3 Å². The molecule has 5 nitrogen and oxygen atoms in total. The topological polar surface area (TPSA) is 79.2 Å². The van der Waals surface area contributed by atoms with Gasteiger partial charge >= 0.3 is 0 Å². The third kappa shape index (κ3) is 2.76. The molecule has 0 radical (unpaired) electrons. The second kappa shape index (κ2) is 5.01. The van der Waals surface area contributed by atoms with Crippen LogP contribution in [0.15, 0.2) is 24.3 Å². The van der Waals surface area contributed by atoms with Crippen molar-refractivity contribution in [1.82, 2.24) is 0 Å². The van der Waals surface area contributed by atoms with Gasteiger partial charge in [-0.3, -0.25) is 0 Å². The zero-order valence-electron chi connectivity index (χ0n) is 9.48. The Hall–Kier alpha value is -1.14. The van der Waals surface area contributed by atoms with Gasteiger partial charge in [-0.1, -0.05) is 17.7 Å². The van der Waals surface area contributed by atoms with Gasteiger partial charge < -0.3 is 24.8 Å². The first kappa shape index (κ1) is 12.3. The molecule has 0 spiro atoms. The molecule has 5 heteroatoms. The Balaban J connectivity index is 2.01. The van der Waals surface area contributed by atoms with E-state index in [1.54, 1.807) is 12.1 Å². The maximum absolute atomic E-state index is 9.66. The summed E-state index contributed by atoms with van der Waals surface area (Å²) in [5.74, 6) is 0.545. The lowest BCUT2D eigenvalue weighted by Gasteiger charge is -2.34. The SMILES string of the molecule is Cc1ccc(O[C@H]2OC[C@@H](O)[C@H](O)[C@H]2O)cc1. The number of hydrogen-bond acceptors (Lipinski definition) is 5. The largest absolute Gasteiger partial charge is 0.462 e. The summed E-state index contributed by atoms with van der Waals surface area (Å²) >= 11 is 0. The summed E-state index contributed by atoms with van der Waals surface area (Å²) in [4.78, 5) is 0. The van der Waals surface area contributed by atoms with Gasteiger partial charge in [-0.2, -0.15) is 0 Å². The first-order valence-electron chi connectivity index (χ1n) is 5.47. The van der Waals surface area contributed by atoms with Crippen molar-refractivity contribution >= 4 is 0 Å². The normalized spacial score (nSPS) is 33.4. The summed E-state index contributed by atoms with van der Waals surface area (Å²) in [6.45, 7) is 1.89. The van der Waals surface area contributed by atoms with Crippen LogP contribution in [0.3, 0.4) is 0 Å². The molecular weight excluding hydrogens is 224 g/mol. The molecule has 1 fully saturated rings. The number of rotatable bonds is 2. The standard InChI is InChI=1S/C12H16O5/c1-7-2-4-8(5-3-7)17-12-11(15)10(14)9(13)6-16-12/h2-5,9-15H,6H2,1H3/t9-,10+,11-,12-/m1/s1. The van der Waals surface area contributed by atoms with Gasteiger partial charge in [0.25, 0.3) is 0 Å². The van der Waals surface area contributed by atoms with Gasteiger partial charge in [0, 0.05) is 0 Å². The fraction of sp³-hybridized carbons (Fsp3) is 0.500. The average Bonchev–Trinajstić information content (AvgIpc) is 2.33. The van der Waals surface area contributed by atoms with Gasteiger partial charge in [-0.25, -0.2) is 0 Å². The van der Waals surface area contributed by atoms with Crippen molar-refractivity contribution in [3.8, 4) is 5.75 Å². The van der Waals surface area contributed by atoms with Crippen molar-refractivity contribution < 1.29 is 24.8 Å². The molecule has 1 aliphatic heterocycles. The molecule has 4 atom stereocenters. The summed E-state index contributed by atoms with van der Waals surface area (Å²) in [5.41, 5.74) is 1.10. The molecule has 0 amide bonds. The molecule has 0 aliphatic carbocycles. The van der Waals surface area contributed by atoms with Crippen molar-refractivity contribution in [2.24, 2.45) is 0 Å². The van der Waals surface area contributed by atoms with E-state index in [1.165, 1.54) is 0 Å². The summed E-state index contributed by atoms with van der Waals surface area (Å²) in [6, 6.07) is 7.25. The lowest BCUT2D eigenvalue weighted by molar-refractivity contribution is -0.242. The van der Waals surface area contributed by atoms with E-state index in [0.717, 1.165) is 5.56 Å². The number of hydrogen-bond donors (Lipinski definition) is 3. The zero-order valence-corrected chi connectivity index (χ0v) is 9.48. The van der Waals surface area contributed by atoms with Crippen LogP contribution in [0.25, 0.3) is 0 Å². The molecule has 1 aromatic rings. The van der Waals surface area contributed by atoms with Gasteiger partial charge in [0.05, 0.1) is 6.61 Å². The predicted molar refractivity (Wildman–Crippen MR) is 59.6 cm³/mol. The fourth-order valence-electron chi connectivity index (χ4n) is 1.63. The third-order valence-electron chi connectivity index (χ3n) is 2.73. The smallest absolute Gasteiger partial charge is 0.228 e. The summed E-state index contributed by atoms with van der Waals surface area (Å²) in [7, 11) is 0. The summed E-state index contributed by atoms with van der Waals surface area (Å²) in [5, 5.41) is 28.4. The molecule has 1 aliphatic rings. The van der Waals surface area contributed by atoms with Gasteiger partial charge in [0.15, 0.2) is 0 Å². The Morgan fingerprint density at radius 2 is 1.76 bits per heavy atom. The minimum absolute atomic E-state index is 0.0608. The van der Waals surface area contributed by atoms with E-state index in [0.29, 0.717) is 5.75 Å². The van der Waals surface area contributed by atoms with Crippen LogP contribution in [-0.2, 0) is 4.74 Å². The van der Waals surface area contributed by atoms with Crippen LogP contribution in [0.5, 0.6) is 5.75 Å². The van der Waals surface area contributed by atoms with Crippen molar-refractivity contribution in [3.63, 3.8) is 0 Å². The van der Waals surface area contributed by atoms with Crippen molar-refractivity contribution in [1.29, 1.82) is 0 Å². The van der Waals surface area contributed by atoms with E-state index in [4.69, 9.17) is 9.47 Å². The Labute approximate surface area is 99.2 Å². The fourth-order valence-corrected chi connectivity index (χ4v) is 1.63. The van der Waals surface area contributed by atoms with Crippen molar-refractivity contribution in [3.05, 3.63) is 29.8 Å². The maximum Gasteiger partial charge on any atom is 0.228 e. The monoisotopic (exact) mass is 240 g/mol. The second-order valence-electron chi connectivity index (χ2n) is 4.18. The number of aryl methyl sites for hydroxylation is 1. The van der Waals surface area contributed by atoms with Crippen molar-refractivity contribution in [2.75, 3.05) is 6.61 Å². The van der Waals surface area contributed by atoms with Gasteiger partial charge in [0.2, 0.25) is 6.29 Å². The first-order chi connectivity index (χ1) is 8.08. The number of ether oxygens (including phenoxy) is 2. The van der Waals surface area contributed by atoms with Gasteiger partial charge in [-0.05, 0) is 19.1 Å². The highest BCUT2D eigenvalue weighted by atomic mass is 16.7. The Morgan fingerprint density at radius 3 is 2.41 bits per heavy atom.